The number of hydrogen-bond acceptors (Lipinski definition) is 3. The SMILES string of the molecule is CCCN=C(N)N.NCC(=O)O. The van der Waals surface area contributed by atoms with Gasteiger partial charge in [0.15, 0.2) is 5.96 Å². The van der Waals surface area contributed by atoms with Gasteiger partial charge in [-0.25, -0.2) is 0 Å². The first kappa shape index (κ1) is 13.3. The van der Waals surface area contributed by atoms with E-state index in [4.69, 9.17) is 16.6 Å². The van der Waals surface area contributed by atoms with E-state index >= 15 is 0 Å². The molecule has 0 aromatic heterocycles. The quantitative estimate of drug-likeness (QED) is 0.314. The number of carbonyl (C=O) groups is 1. The van der Waals surface area contributed by atoms with E-state index in [9.17, 15) is 4.79 Å². The summed E-state index contributed by atoms with van der Waals surface area (Å²) >= 11 is 0. The van der Waals surface area contributed by atoms with Crippen molar-refractivity contribution in [3.8, 4) is 0 Å². The number of carboxylic acids is 1. The highest BCUT2D eigenvalue weighted by molar-refractivity contribution is 5.75. The van der Waals surface area contributed by atoms with Crippen LogP contribution in [0.3, 0.4) is 0 Å². The Bertz CT molecular complexity index is 142. The van der Waals surface area contributed by atoms with E-state index in [-0.39, 0.29) is 12.5 Å². The zero-order chi connectivity index (χ0) is 9.98. The number of hydrogen-bond donors (Lipinski definition) is 4. The van der Waals surface area contributed by atoms with Crippen molar-refractivity contribution >= 4 is 11.9 Å². The Kier molecular flexibility index (Phi) is 10.8. The molecule has 0 heterocycles. The van der Waals surface area contributed by atoms with Crippen molar-refractivity contribution in [3.63, 3.8) is 0 Å². The fourth-order valence-corrected chi connectivity index (χ4v) is 0.241. The van der Waals surface area contributed by atoms with Crippen molar-refractivity contribution in [1.82, 2.24) is 0 Å². The van der Waals surface area contributed by atoms with Crippen molar-refractivity contribution in [2.45, 2.75) is 13.3 Å². The van der Waals surface area contributed by atoms with E-state index < -0.39 is 5.97 Å². The second-order valence-electron chi connectivity index (χ2n) is 1.90. The van der Waals surface area contributed by atoms with Gasteiger partial charge in [-0.2, -0.15) is 0 Å². The second kappa shape index (κ2) is 9.70. The predicted octanol–water partition coefficient (Wildman–Crippen LogP) is -1.30. The molecular weight excluding hydrogens is 160 g/mol. The highest BCUT2D eigenvalue weighted by Crippen LogP contribution is 1.73. The Morgan fingerprint density at radius 2 is 1.92 bits per heavy atom. The molecule has 0 saturated heterocycles. The number of nitrogens with zero attached hydrogens (tertiary/aromatic N) is 1. The van der Waals surface area contributed by atoms with Gasteiger partial charge in [0.2, 0.25) is 0 Å². The molecule has 0 spiro atoms. The zero-order valence-corrected chi connectivity index (χ0v) is 7.16. The van der Waals surface area contributed by atoms with Gasteiger partial charge in [0.05, 0.1) is 6.54 Å². The van der Waals surface area contributed by atoms with Gasteiger partial charge in [-0.1, -0.05) is 6.92 Å². The fourth-order valence-electron chi connectivity index (χ4n) is 0.241. The summed E-state index contributed by atoms with van der Waals surface area (Å²) in [5.74, 6) is -0.785. The van der Waals surface area contributed by atoms with E-state index in [1.807, 2.05) is 6.92 Å². The molecule has 0 unspecified atom stereocenters. The van der Waals surface area contributed by atoms with E-state index in [0.717, 1.165) is 13.0 Å². The lowest BCUT2D eigenvalue weighted by Crippen LogP contribution is -2.22. The van der Waals surface area contributed by atoms with Crippen molar-refractivity contribution in [1.29, 1.82) is 0 Å². The van der Waals surface area contributed by atoms with Crippen LogP contribution in [0, 0.1) is 0 Å². The van der Waals surface area contributed by atoms with Gasteiger partial charge < -0.3 is 22.3 Å². The molecule has 0 fully saturated rings. The Balaban J connectivity index is 0. The molecule has 0 amide bonds. The first-order chi connectivity index (χ1) is 5.54. The number of rotatable bonds is 3. The van der Waals surface area contributed by atoms with Gasteiger partial charge in [0.25, 0.3) is 0 Å². The molecule has 0 aliphatic heterocycles. The minimum atomic E-state index is -0.968. The highest BCUT2D eigenvalue weighted by atomic mass is 16.4. The molecule has 0 aliphatic carbocycles. The van der Waals surface area contributed by atoms with Crippen LogP contribution in [0.5, 0.6) is 0 Å². The lowest BCUT2D eigenvalue weighted by molar-refractivity contribution is -0.135. The number of nitrogens with two attached hydrogens (primary N) is 3. The molecule has 0 radical (unpaired) electrons. The van der Waals surface area contributed by atoms with Gasteiger partial charge in [0, 0.05) is 6.54 Å². The Hall–Kier alpha value is -1.30. The van der Waals surface area contributed by atoms with E-state index in [0.29, 0.717) is 0 Å². The van der Waals surface area contributed by atoms with E-state index in [2.05, 4.69) is 10.7 Å². The van der Waals surface area contributed by atoms with Crippen LogP contribution < -0.4 is 17.2 Å². The standard InChI is InChI=1S/C4H11N3.C2H5NO2/c1-2-3-7-4(5)6;3-1-2(4)5/h2-3H2,1H3,(H4,5,6,7);1,3H2,(H,4,5). The van der Waals surface area contributed by atoms with Crippen molar-refractivity contribution in [2.75, 3.05) is 13.1 Å². The fraction of sp³-hybridized carbons (Fsp3) is 0.667. The molecule has 0 bridgehead atoms. The Morgan fingerprint density at radius 3 is 2.00 bits per heavy atom. The molecule has 0 aromatic carbocycles. The topological polar surface area (TPSA) is 128 Å². The summed E-state index contributed by atoms with van der Waals surface area (Å²) in [6.45, 7) is 2.48. The van der Waals surface area contributed by atoms with Gasteiger partial charge in [0.1, 0.15) is 0 Å². The molecule has 72 valence electrons. The molecule has 0 saturated carbocycles. The van der Waals surface area contributed by atoms with Crippen LogP contribution in [0.2, 0.25) is 0 Å². The summed E-state index contributed by atoms with van der Waals surface area (Å²) in [4.78, 5) is 13.0. The average molecular weight is 176 g/mol. The summed E-state index contributed by atoms with van der Waals surface area (Å²) in [7, 11) is 0. The number of carboxylic acid groups (broad SMARTS) is 1. The van der Waals surface area contributed by atoms with Gasteiger partial charge in [-0.15, -0.1) is 0 Å². The lowest BCUT2D eigenvalue weighted by atomic mass is 10.5. The van der Waals surface area contributed by atoms with Crippen molar-refractivity contribution in [3.05, 3.63) is 0 Å². The maximum Gasteiger partial charge on any atom is 0.317 e. The average Bonchev–Trinajstić information content (AvgIpc) is 2.02. The lowest BCUT2D eigenvalue weighted by Gasteiger charge is -1.86. The Labute approximate surface area is 71.4 Å². The van der Waals surface area contributed by atoms with Crippen LogP contribution in [-0.4, -0.2) is 30.1 Å². The minimum Gasteiger partial charge on any atom is -0.480 e. The van der Waals surface area contributed by atoms with Crippen LogP contribution in [0.25, 0.3) is 0 Å². The van der Waals surface area contributed by atoms with Gasteiger partial charge in [-0.05, 0) is 6.42 Å². The third-order valence-corrected chi connectivity index (χ3v) is 0.693. The smallest absolute Gasteiger partial charge is 0.317 e. The van der Waals surface area contributed by atoms with Crippen LogP contribution in [0.4, 0.5) is 0 Å². The molecule has 7 N–H and O–H groups in total. The largest absolute Gasteiger partial charge is 0.480 e. The van der Waals surface area contributed by atoms with Crippen molar-refractivity contribution in [2.24, 2.45) is 22.2 Å². The number of aliphatic carboxylic acids is 1. The third-order valence-electron chi connectivity index (χ3n) is 0.693. The highest BCUT2D eigenvalue weighted by Gasteiger charge is 1.81. The normalized spacial score (nSPS) is 7.83. The molecule has 6 nitrogen and oxygen atoms in total. The van der Waals surface area contributed by atoms with Gasteiger partial charge in [-0.3, -0.25) is 9.79 Å². The van der Waals surface area contributed by atoms with Crippen LogP contribution in [0.1, 0.15) is 13.3 Å². The summed E-state index contributed by atoms with van der Waals surface area (Å²) in [5.41, 5.74) is 14.6. The molecule has 6 heteroatoms. The first-order valence-corrected chi connectivity index (χ1v) is 3.51. The van der Waals surface area contributed by atoms with Crippen LogP contribution in [0.15, 0.2) is 4.99 Å². The monoisotopic (exact) mass is 176 g/mol. The maximum atomic E-state index is 9.24. The van der Waals surface area contributed by atoms with E-state index in [1.165, 1.54) is 0 Å². The molecule has 0 aliphatic rings. The third kappa shape index (κ3) is 23.4. The number of aliphatic imine (C=N–C) groups is 1. The maximum absolute atomic E-state index is 9.24. The molecule has 0 atom stereocenters. The van der Waals surface area contributed by atoms with Crippen LogP contribution in [-0.2, 0) is 4.79 Å². The molecule has 12 heavy (non-hydrogen) atoms. The predicted molar refractivity (Wildman–Crippen MR) is 47.7 cm³/mol. The van der Waals surface area contributed by atoms with E-state index in [1.54, 1.807) is 0 Å². The summed E-state index contributed by atoms with van der Waals surface area (Å²) in [6, 6.07) is 0. The summed E-state index contributed by atoms with van der Waals surface area (Å²) in [6.07, 6.45) is 0.998. The van der Waals surface area contributed by atoms with Gasteiger partial charge >= 0.3 is 5.97 Å². The number of guanidine groups is 1. The first-order valence-electron chi connectivity index (χ1n) is 3.51. The van der Waals surface area contributed by atoms with Crippen molar-refractivity contribution < 1.29 is 9.90 Å². The second-order valence-corrected chi connectivity index (χ2v) is 1.90. The molecule has 0 aromatic rings. The summed E-state index contributed by atoms with van der Waals surface area (Å²) in [5, 5.41) is 7.60. The summed E-state index contributed by atoms with van der Waals surface area (Å²) < 4.78 is 0. The molecular formula is C6H16N4O2. The zero-order valence-electron chi connectivity index (χ0n) is 7.16. The molecule has 0 rings (SSSR count). The van der Waals surface area contributed by atoms with Crippen LogP contribution >= 0.6 is 0 Å². The Morgan fingerprint density at radius 1 is 1.50 bits per heavy atom. The minimum absolute atomic E-state index is 0.182.